The molecule has 1 heteroatoms. The van der Waals surface area contributed by atoms with Crippen LogP contribution in [0, 0.1) is 23.7 Å². The third kappa shape index (κ3) is 3.90. The van der Waals surface area contributed by atoms with E-state index in [2.05, 4.69) is 13.8 Å². The van der Waals surface area contributed by atoms with Gasteiger partial charge in [0.25, 0.3) is 0 Å². The van der Waals surface area contributed by atoms with Crippen LogP contribution in [0.2, 0.25) is 0 Å². The summed E-state index contributed by atoms with van der Waals surface area (Å²) in [5.74, 6) is 4.26. The molecule has 0 N–H and O–H groups in total. The summed E-state index contributed by atoms with van der Waals surface area (Å²) in [6.45, 7) is 4.86. The molecule has 15 heavy (non-hydrogen) atoms. The molecule has 2 aliphatic carbocycles. The lowest BCUT2D eigenvalue weighted by Gasteiger charge is -2.36. The normalized spacial score (nSPS) is 42.0. The molecule has 0 heterocycles. The molecule has 0 saturated heterocycles. The molecule has 0 aromatic heterocycles. The number of hydrogen-bond acceptors (Lipinski definition) is 0. The van der Waals surface area contributed by atoms with Crippen molar-refractivity contribution in [2.45, 2.75) is 65.2 Å². The molecule has 90 valence electrons. The van der Waals surface area contributed by atoms with Gasteiger partial charge in [-0.2, -0.15) is 0 Å². The van der Waals surface area contributed by atoms with Crippen LogP contribution in [0.5, 0.6) is 0 Å². The van der Waals surface area contributed by atoms with Crippen LogP contribution in [0.25, 0.3) is 0 Å². The highest BCUT2D eigenvalue weighted by Crippen LogP contribution is 2.40. The van der Waals surface area contributed by atoms with Gasteiger partial charge in [-0.25, -0.2) is 0 Å². The molecule has 0 atom stereocenters. The fourth-order valence-electron chi connectivity index (χ4n) is 3.51. The van der Waals surface area contributed by atoms with E-state index in [0.717, 1.165) is 23.7 Å². The van der Waals surface area contributed by atoms with E-state index in [1.54, 1.807) is 25.7 Å². The standard InChI is InChI=1S/C14H26.HI/c1-11-3-7-13(8-4-11)14-9-5-12(2)6-10-14;/h11-14H,3-10H2,1-2H3;1H. The largest absolute Gasteiger partial charge is 0.107 e. The second kappa shape index (κ2) is 6.46. The van der Waals surface area contributed by atoms with E-state index in [9.17, 15) is 0 Å². The molecule has 2 fully saturated rings. The molecule has 2 aliphatic rings. The molecule has 0 spiro atoms. The summed E-state index contributed by atoms with van der Waals surface area (Å²) in [7, 11) is 0. The van der Waals surface area contributed by atoms with Crippen LogP contribution < -0.4 is 0 Å². The third-order valence-corrected chi connectivity index (χ3v) is 4.79. The zero-order valence-electron chi connectivity index (χ0n) is 10.4. The van der Waals surface area contributed by atoms with Crippen molar-refractivity contribution < 1.29 is 0 Å². The summed E-state index contributed by atoms with van der Waals surface area (Å²) >= 11 is 0. The Hall–Kier alpha value is 0.730. The fraction of sp³-hybridized carbons (Fsp3) is 1.00. The summed E-state index contributed by atoms with van der Waals surface area (Å²) < 4.78 is 0. The Morgan fingerprint density at radius 2 is 0.800 bits per heavy atom. The SMILES string of the molecule is CC1CCC(C2CCC(C)CC2)CC1.I. The zero-order valence-corrected chi connectivity index (χ0v) is 12.7. The van der Waals surface area contributed by atoms with Gasteiger partial charge in [0.1, 0.15) is 0 Å². The molecular formula is C14H27I. The van der Waals surface area contributed by atoms with Gasteiger partial charge in [0.2, 0.25) is 0 Å². The lowest BCUT2D eigenvalue weighted by molar-refractivity contribution is 0.155. The zero-order chi connectivity index (χ0) is 9.97. The van der Waals surface area contributed by atoms with Crippen molar-refractivity contribution in [2.24, 2.45) is 23.7 Å². The molecule has 0 unspecified atom stereocenters. The van der Waals surface area contributed by atoms with E-state index < -0.39 is 0 Å². The predicted octanol–water partition coefficient (Wildman–Crippen LogP) is 5.26. The van der Waals surface area contributed by atoms with Crippen molar-refractivity contribution in [1.29, 1.82) is 0 Å². The van der Waals surface area contributed by atoms with Crippen molar-refractivity contribution >= 4 is 24.0 Å². The summed E-state index contributed by atoms with van der Waals surface area (Å²) in [4.78, 5) is 0. The maximum Gasteiger partial charge on any atom is -0.0386 e. The lowest BCUT2D eigenvalue weighted by atomic mass is 9.70. The lowest BCUT2D eigenvalue weighted by Crippen LogP contribution is -2.24. The Kier molecular flexibility index (Phi) is 5.94. The first-order valence-corrected chi connectivity index (χ1v) is 6.75. The van der Waals surface area contributed by atoms with Crippen molar-refractivity contribution in [3.8, 4) is 0 Å². The first-order valence-electron chi connectivity index (χ1n) is 6.75. The number of halogens is 1. The first kappa shape index (κ1) is 13.8. The summed E-state index contributed by atoms with van der Waals surface area (Å²) in [5.41, 5.74) is 0. The molecule has 0 aliphatic heterocycles. The van der Waals surface area contributed by atoms with Crippen LogP contribution in [0.4, 0.5) is 0 Å². The Bertz CT molecular complexity index is 142. The summed E-state index contributed by atoms with van der Waals surface area (Å²) in [6.07, 6.45) is 12.2. The number of rotatable bonds is 1. The maximum atomic E-state index is 2.43. The molecule has 0 aromatic carbocycles. The van der Waals surface area contributed by atoms with Crippen molar-refractivity contribution in [2.75, 3.05) is 0 Å². The molecular weight excluding hydrogens is 295 g/mol. The highest BCUT2D eigenvalue weighted by molar-refractivity contribution is 14.0. The van der Waals surface area contributed by atoms with Gasteiger partial charge in [0, 0.05) is 0 Å². The molecule has 0 nitrogen and oxygen atoms in total. The molecule has 0 bridgehead atoms. The van der Waals surface area contributed by atoms with Crippen molar-refractivity contribution in [3.63, 3.8) is 0 Å². The van der Waals surface area contributed by atoms with Gasteiger partial charge in [0.05, 0.1) is 0 Å². The Morgan fingerprint density at radius 3 is 1.07 bits per heavy atom. The van der Waals surface area contributed by atoms with Crippen LogP contribution in [0.15, 0.2) is 0 Å². The minimum absolute atomic E-state index is 0. The van der Waals surface area contributed by atoms with Crippen LogP contribution in [0.1, 0.15) is 65.2 Å². The van der Waals surface area contributed by atoms with Gasteiger partial charge in [-0.15, -0.1) is 24.0 Å². The van der Waals surface area contributed by atoms with Gasteiger partial charge < -0.3 is 0 Å². The molecule has 2 rings (SSSR count). The molecule has 0 amide bonds. The van der Waals surface area contributed by atoms with E-state index in [1.807, 2.05) is 0 Å². The Labute approximate surface area is 113 Å². The predicted molar refractivity (Wildman–Crippen MR) is 77.7 cm³/mol. The van der Waals surface area contributed by atoms with Crippen molar-refractivity contribution in [3.05, 3.63) is 0 Å². The van der Waals surface area contributed by atoms with Crippen LogP contribution in [-0.4, -0.2) is 0 Å². The summed E-state index contributed by atoms with van der Waals surface area (Å²) in [5, 5.41) is 0. The topological polar surface area (TPSA) is 0 Å². The summed E-state index contributed by atoms with van der Waals surface area (Å²) in [6, 6.07) is 0. The smallest absolute Gasteiger partial charge is 0.0386 e. The second-order valence-corrected chi connectivity index (χ2v) is 6.04. The van der Waals surface area contributed by atoms with Crippen LogP contribution in [-0.2, 0) is 0 Å². The molecule has 2 saturated carbocycles. The minimum Gasteiger partial charge on any atom is -0.107 e. The van der Waals surface area contributed by atoms with Gasteiger partial charge in [-0.1, -0.05) is 39.5 Å². The van der Waals surface area contributed by atoms with Crippen LogP contribution in [0.3, 0.4) is 0 Å². The van der Waals surface area contributed by atoms with E-state index in [-0.39, 0.29) is 24.0 Å². The fourth-order valence-corrected chi connectivity index (χ4v) is 3.51. The quantitative estimate of drug-likeness (QED) is 0.578. The Balaban J connectivity index is 0.00000112. The van der Waals surface area contributed by atoms with Gasteiger partial charge >= 0.3 is 0 Å². The van der Waals surface area contributed by atoms with E-state index in [1.165, 1.54) is 25.7 Å². The van der Waals surface area contributed by atoms with E-state index >= 15 is 0 Å². The van der Waals surface area contributed by atoms with E-state index in [0.29, 0.717) is 0 Å². The van der Waals surface area contributed by atoms with Gasteiger partial charge in [-0.05, 0) is 49.4 Å². The van der Waals surface area contributed by atoms with E-state index in [4.69, 9.17) is 0 Å². The number of hydrogen-bond donors (Lipinski definition) is 0. The Morgan fingerprint density at radius 1 is 0.533 bits per heavy atom. The third-order valence-electron chi connectivity index (χ3n) is 4.79. The first-order chi connectivity index (χ1) is 6.75. The average molecular weight is 322 g/mol. The van der Waals surface area contributed by atoms with Gasteiger partial charge in [-0.3, -0.25) is 0 Å². The maximum absolute atomic E-state index is 2.43. The second-order valence-electron chi connectivity index (χ2n) is 6.04. The van der Waals surface area contributed by atoms with Crippen molar-refractivity contribution in [1.82, 2.24) is 0 Å². The monoisotopic (exact) mass is 322 g/mol. The minimum atomic E-state index is 0. The van der Waals surface area contributed by atoms with Gasteiger partial charge in [0.15, 0.2) is 0 Å². The highest BCUT2D eigenvalue weighted by atomic mass is 127. The molecule has 0 radical (unpaired) electrons. The van der Waals surface area contributed by atoms with Crippen LogP contribution >= 0.6 is 24.0 Å². The average Bonchev–Trinajstić information content (AvgIpc) is 2.21. The highest BCUT2D eigenvalue weighted by Gasteiger charge is 2.28. The molecule has 0 aromatic rings.